The van der Waals surface area contributed by atoms with Crippen LogP contribution in [0.25, 0.3) is 0 Å². The molecule has 0 spiro atoms. The fourth-order valence-electron chi connectivity index (χ4n) is 4.75. The molecule has 0 aromatic heterocycles. The number of rotatable bonds is 5. The maximum Gasteiger partial charge on any atom is 0.225 e. The Morgan fingerprint density at radius 1 is 1.11 bits per heavy atom. The maximum absolute atomic E-state index is 13.1. The molecular formula is C21H28FN3O2. The summed E-state index contributed by atoms with van der Waals surface area (Å²) < 4.78 is 13.1. The van der Waals surface area contributed by atoms with Crippen molar-refractivity contribution in [2.45, 2.75) is 44.6 Å². The largest absolute Gasteiger partial charge is 0.371 e. The molecular weight excluding hydrogens is 345 g/mol. The average molecular weight is 373 g/mol. The molecule has 2 saturated heterocycles. The van der Waals surface area contributed by atoms with Crippen molar-refractivity contribution in [3.63, 3.8) is 0 Å². The lowest BCUT2D eigenvalue weighted by molar-refractivity contribution is -0.130. The predicted octanol–water partition coefficient (Wildman–Crippen LogP) is 2.56. The summed E-state index contributed by atoms with van der Waals surface area (Å²) in [5.41, 5.74) is 1.03. The third kappa shape index (κ3) is 4.09. The molecule has 1 aromatic rings. The zero-order valence-corrected chi connectivity index (χ0v) is 15.7. The first-order valence-electron chi connectivity index (χ1n) is 10.2. The summed E-state index contributed by atoms with van der Waals surface area (Å²) in [5.74, 6) is 0.128. The van der Waals surface area contributed by atoms with Crippen LogP contribution < -0.4 is 10.2 Å². The molecule has 1 aliphatic carbocycles. The first kappa shape index (κ1) is 18.3. The minimum Gasteiger partial charge on any atom is -0.371 e. The van der Waals surface area contributed by atoms with Gasteiger partial charge in [-0.15, -0.1) is 0 Å². The molecule has 6 heteroatoms. The van der Waals surface area contributed by atoms with Crippen LogP contribution in [-0.4, -0.2) is 48.9 Å². The fourth-order valence-corrected chi connectivity index (χ4v) is 4.75. The Labute approximate surface area is 159 Å². The van der Waals surface area contributed by atoms with E-state index in [0.29, 0.717) is 31.5 Å². The normalized spacial score (nSPS) is 26.2. The minimum absolute atomic E-state index is 0.0177. The van der Waals surface area contributed by atoms with Crippen molar-refractivity contribution in [1.82, 2.24) is 10.2 Å². The number of carbonyl (C=O) groups is 2. The highest BCUT2D eigenvalue weighted by molar-refractivity contribution is 5.89. The van der Waals surface area contributed by atoms with Crippen LogP contribution >= 0.6 is 0 Å². The Morgan fingerprint density at radius 3 is 2.59 bits per heavy atom. The van der Waals surface area contributed by atoms with E-state index < -0.39 is 0 Å². The summed E-state index contributed by atoms with van der Waals surface area (Å²) in [6.45, 7) is 3.01. The van der Waals surface area contributed by atoms with E-state index in [9.17, 15) is 14.0 Å². The lowest BCUT2D eigenvalue weighted by Gasteiger charge is -2.24. The number of hydrogen-bond acceptors (Lipinski definition) is 3. The summed E-state index contributed by atoms with van der Waals surface area (Å²) in [5, 5.41) is 3.07. The van der Waals surface area contributed by atoms with Gasteiger partial charge in [0.2, 0.25) is 11.8 Å². The highest BCUT2D eigenvalue weighted by Gasteiger charge is 2.38. The van der Waals surface area contributed by atoms with Gasteiger partial charge in [-0.05, 0) is 49.4 Å². The highest BCUT2D eigenvalue weighted by Crippen LogP contribution is 2.29. The number of halogens is 1. The number of hydrogen-bond donors (Lipinski definition) is 1. The molecule has 1 saturated carbocycles. The second-order valence-electron chi connectivity index (χ2n) is 8.21. The van der Waals surface area contributed by atoms with E-state index in [1.807, 2.05) is 4.90 Å². The Morgan fingerprint density at radius 2 is 1.85 bits per heavy atom. The number of carbonyl (C=O) groups excluding carboxylic acids is 2. The van der Waals surface area contributed by atoms with Gasteiger partial charge in [0.15, 0.2) is 0 Å². The minimum atomic E-state index is -0.223. The van der Waals surface area contributed by atoms with Crippen molar-refractivity contribution in [2.75, 3.05) is 31.1 Å². The van der Waals surface area contributed by atoms with Crippen LogP contribution in [0.2, 0.25) is 0 Å². The van der Waals surface area contributed by atoms with E-state index in [-0.39, 0.29) is 23.5 Å². The van der Waals surface area contributed by atoms with Gasteiger partial charge in [0.25, 0.3) is 0 Å². The van der Waals surface area contributed by atoms with Crippen molar-refractivity contribution in [3.8, 4) is 0 Å². The number of nitrogens with zero attached hydrogens (tertiary/aromatic N) is 2. The van der Waals surface area contributed by atoms with Crippen LogP contribution in [0.4, 0.5) is 10.1 Å². The van der Waals surface area contributed by atoms with Crippen LogP contribution in [0.1, 0.15) is 38.5 Å². The average Bonchev–Trinajstić information content (AvgIpc) is 3.41. The van der Waals surface area contributed by atoms with E-state index in [2.05, 4.69) is 10.2 Å². The first-order valence-corrected chi connectivity index (χ1v) is 10.2. The summed E-state index contributed by atoms with van der Waals surface area (Å²) in [6, 6.07) is 6.93. The molecule has 3 fully saturated rings. The lowest BCUT2D eigenvalue weighted by Crippen LogP contribution is -2.38. The zero-order valence-electron chi connectivity index (χ0n) is 15.7. The molecule has 0 radical (unpaired) electrons. The fraction of sp³-hybridized carbons (Fsp3) is 0.619. The molecule has 2 amide bonds. The lowest BCUT2D eigenvalue weighted by atomic mass is 10.1. The number of amides is 2. The van der Waals surface area contributed by atoms with Crippen LogP contribution in [0.3, 0.4) is 0 Å². The molecule has 2 heterocycles. The summed E-state index contributed by atoms with van der Waals surface area (Å²) in [4.78, 5) is 29.0. The number of likely N-dealkylation sites (tertiary alicyclic amines) is 1. The van der Waals surface area contributed by atoms with E-state index in [4.69, 9.17) is 0 Å². The van der Waals surface area contributed by atoms with Gasteiger partial charge in [-0.3, -0.25) is 9.59 Å². The second kappa shape index (κ2) is 7.87. The molecule has 4 rings (SSSR count). The highest BCUT2D eigenvalue weighted by atomic mass is 19.1. The van der Waals surface area contributed by atoms with Gasteiger partial charge in [0.05, 0.1) is 5.92 Å². The van der Waals surface area contributed by atoms with Crippen molar-refractivity contribution in [2.24, 2.45) is 11.8 Å². The van der Waals surface area contributed by atoms with E-state index >= 15 is 0 Å². The van der Waals surface area contributed by atoms with Crippen molar-refractivity contribution < 1.29 is 14.0 Å². The van der Waals surface area contributed by atoms with E-state index in [1.54, 1.807) is 12.1 Å². The quantitative estimate of drug-likeness (QED) is 0.863. The van der Waals surface area contributed by atoms with Crippen molar-refractivity contribution in [1.29, 1.82) is 0 Å². The first-order chi connectivity index (χ1) is 13.1. The Balaban J connectivity index is 1.24. The molecule has 2 aliphatic heterocycles. The van der Waals surface area contributed by atoms with Gasteiger partial charge in [0, 0.05) is 44.3 Å². The molecule has 2 atom stereocenters. The van der Waals surface area contributed by atoms with Crippen LogP contribution in [0, 0.1) is 17.7 Å². The van der Waals surface area contributed by atoms with Crippen LogP contribution in [0.15, 0.2) is 24.3 Å². The maximum atomic E-state index is 13.1. The number of benzene rings is 1. The number of nitrogens with one attached hydrogen (secondary N) is 1. The van der Waals surface area contributed by atoms with Gasteiger partial charge in [0.1, 0.15) is 5.82 Å². The molecule has 1 aromatic carbocycles. The van der Waals surface area contributed by atoms with Gasteiger partial charge < -0.3 is 15.1 Å². The molecule has 1 N–H and O–H groups in total. The molecule has 146 valence electrons. The van der Waals surface area contributed by atoms with Crippen molar-refractivity contribution in [3.05, 3.63) is 30.1 Å². The zero-order chi connectivity index (χ0) is 18.8. The van der Waals surface area contributed by atoms with E-state index in [0.717, 1.165) is 38.0 Å². The van der Waals surface area contributed by atoms with Crippen LogP contribution in [-0.2, 0) is 9.59 Å². The predicted molar refractivity (Wildman–Crippen MR) is 102 cm³/mol. The molecule has 3 aliphatic rings. The molecule has 0 bridgehead atoms. The molecule has 27 heavy (non-hydrogen) atoms. The topological polar surface area (TPSA) is 52.7 Å². The standard InChI is InChI=1S/C21H28FN3O2/c22-17-5-7-18(8-6-17)24-10-9-15(13-24)12-23-21(27)16-11-20(26)25(14-16)19-3-1-2-4-19/h5-8,15-16,19H,1-4,9-14H2,(H,23,27). The van der Waals surface area contributed by atoms with Gasteiger partial charge in [-0.1, -0.05) is 12.8 Å². The Bertz CT molecular complexity index is 687. The summed E-state index contributed by atoms with van der Waals surface area (Å²) in [7, 11) is 0. The van der Waals surface area contributed by atoms with Gasteiger partial charge in [-0.25, -0.2) is 4.39 Å². The molecule has 5 nitrogen and oxygen atoms in total. The monoisotopic (exact) mass is 373 g/mol. The van der Waals surface area contributed by atoms with Gasteiger partial charge >= 0.3 is 0 Å². The third-order valence-electron chi connectivity index (χ3n) is 6.34. The third-order valence-corrected chi connectivity index (χ3v) is 6.34. The summed E-state index contributed by atoms with van der Waals surface area (Å²) in [6.07, 6.45) is 5.92. The van der Waals surface area contributed by atoms with Crippen LogP contribution in [0.5, 0.6) is 0 Å². The van der Waals surface area contributed by atoms with Crippen molar-refractivity contribution >= 4 is 17.5 Å². The smallest absolute Gasteiger partial charge is 0.225 e. The Hall–Kier alpha value is -2.11. The van der Waals surface area contributed by atoms with E-state index in [1.165, 1.54) is 25.0 Å². The van der Waals surface area contributed by atoms with Gasteiger partial charge in [-0.2, -0.15) is 0 Å². The molecule has 2 unspecified atom stereocenters. The number of anilines is 1. The SMILES string of the molecule is O=C(NCC1CCN(c2ccc(F)cc2)C1)C1CC(=O)N(C2CCCC2)C1. The summed E-state index contributed by atoms with van der Waals surface area (Å²) >= 11 is 0. The second-order valence-corrected chi connectivity index (χ2v) is 8.21. The Kier molecular flexibility index (Phi) is 5.32.